The maximum Gasteiger partial charge on any atom is 0.263 e. The Hall–Kier alpha value is -7.01. The Morgan fingerprint density at radius 1 is 0.464 bits per heavy atom. The lowest BCUT2D eigenvalue weighted by atomic mass is 9.97. The van der Waals surface area contributed by atoms with Gasteiger partial charge < -0.3 is 9.67 Å². The normalized spacial score (nSPS) is 13.8. The summed E-state index contributed by atoms with van der Waals surface area (Å²) in [4.78, 5) is 16.8. The van der Waals surface area contributed by atoms with Gasteiger partial charge in [0, 0.05) is 33.2 Å². The minimum Gasteiger partial charge on any atom is -0.369 e. The quantitative estimate of drug-likeness (QED) is 0.186. The van der Waals surface area contributed by atoms with Gasteiger partial charge in [-0.1, -0.05) is 169 Å². The Morgan fingerprint density at radius 3 is 1.46 bits per heavy atom. The molecule has 8 aromatic carbocycles. The molecule has 0 saturated heterocycles. The van der Waals surface area contributed by atoms with Crippen LogP contribution in [0.2, 0.25) is 0 Å². The summed E-state index contributed by atoms with van der Waals surface area (Å²) in [6.45, 7) is 4.23. The average molecular weight is 723 g/mol. The molecule has 0 bridgehead atoms. The zero-order valence-electron chi connectivity index (χ0n) is 31.1. The number of carbonyl (C=O) groups is 1. The summed E-state index contributed by atoms with van der Waals surface area (Å²) in [6.07, 6.45) is -1.19. The fourth-order valence-electron chi connectivity index (χ4n) is 8.61. The molecule has 4 nitrogen and oxygen atoms in total. The molecule has 268 valence electrons. The van der Waals surface area contributed by atoms with Crippen LogP contribution in [0, 0.1) is 13.8 Å². The van der Waals surface area contributed by atoms with E-state index in [1.54, 1.807) is 4.90 Å². The topological polar surface area (TPSA) is 45.5 Å². The number of para-hydroxylation sites is 2. The molecule has 1 unspecified atom stereocenters. The fraction of sp³-hybridized carbons (Fsp3) is 0.0577. The van der Waals surface area contributed by atoms with Crippen LogP contribution in [-0.2, 0) is 0 Å². The van der Waals surface area contributed by atoms with Crippen molar-refractivity contribution in [3.63, 3.8) is 0 Å². The van der Waals surface area contributed by atoms with Gasteiger partial charge in [-0.05, 0) is 71.5 Å². The third-order valence-corrected chi connectivity index (χ3v) is 11.1. The maximum atomic E-state index is 15.2. The van der Waals surface area contributed by atoms with Gasteiger partial charge >= 0.3 is 0 Å². The molecule has 10 rings (SSSR count). The predicted octanol–water partition coefficient (Wildman–Crippen LogP) is 12.7. The number of rotatable bonds is 6. The number of aliphatic hydroxyl groups excluding tert-OH is 1. The molecule has 0 fully saturated rings. The molecule has 2 heterocycles. The zero-order valence-corrected chi connectivity index (χ0v) is 31.1. The van der Waals surface area contributed by atoms with Gasteiger partial charge in [0.2, 0.25) is 0 Å². The van der Waals surface area contributed by atoms with Crippen molar-refractivity contribution in [1.82, 2.24) is 4.57 Å². The number of nitrogens with zero attached hydrogens (tertiary/aromatic N) is 2. The number of hydrogen-bond acceptors (Lipinski definition) is 2. The molecule has 0 aliphatic carbocycles. The highest BCUT2D eigenvalue weighted by Crippen LogP contribution is 2.46. The number of amides is 1. The molecular weight excluding hydrogens is 685 g/mol. The second-order valence-corrected chi connectivity index (χ2v) is 14.8. The summed E-state index contributed by atoms with van der Waals surface area (Å²) in [7, 11) is 0. The first-order chi connectivity index (χ1) is 27.4. The number of carbonyl (C=O) groups excluding carboxylic acids is 1. The van der Waals surface area contributed by atoms with E-state index in [-0.39, 0.29) is 5.91 Å². The van der Waals surface area contributed by atoms with Gasteiger partial charge in [-0.15, -0.1) is 0 Å². The first-order valence-corrected chi connectivity index (χ1v) is 19.1. The van der Waals surface area contributed by atoms with E-state index in [9.17, 15) is 5.11 Å². The van der Waals surface area contributed by atoms with E-state index in [0.29, 0.717) is 16.8 Å². The Bertz CT molecular complexity index is 2820. The number of aliphatic hydroxyl groups is 1. The van der Waals surface area contributed by atoms with Crippen LogP contribution >= 0.6 is 0 Å². The number of hydrogen-bond donors (Lipinski definition) is 1. The summed E-state index contributed by atoms with van der Waals surface area (Å²) >= 11 is 0. The lowest BCUT2D eigenvalue weighted by Crippen LogP contribution is -2.28. The lowest BCUT2D eigenvalue weighted by molar-refractivity contribution is 0.0935. The molecule has 1 amide bonds. The molecule has 56 heavy (non-hydrogen) atoms. The lowest BCUT2D eigenvalue weighted by Gasteiger charge is -2.23. The molecule has 0 spiro atoms. The van der Waals surface area contributed by atoms with Crippen LogP contribution in [0.25, 0.3) is 72.0 Å². The largest absolute Gasteiger partial charge is 0.369 e. The van der Waals surface area contributed by atoms with Crippen molar-refractivity contribution in [2.24, 2.45) is 0 Å². The van der Waals surface area contributed by atoms with E-state index in [0.717, 1.165) is 72.0 Å². The third-order valence-electron chi connectivity index (χ3n) is 11.1. The van der Waals surface area contributed by atoms with Crippen LogP contribution in [0.4, 0.5) is 5.69 Å². The molecule has 1 atom stereocenters. The fourth-order valence-corrected chi connectivity index (χ4v) is 8.61. The number of aryl methyl sites for hydroxylation is 2. The minimum absolute atomic E-state index is 0.247. The van der Waals surface area contributed by atoms with Gasteiger partial charge in [0.05, 0.1) is 22.3 Å². The van der Waals surface area contributed by atoms with E-state index in [1.807, 2.05) is 66.7 Å². The number of benzene rings is 8. The smallest absolute Gasteiger partial charge is 0.263 e. The number of fused-ring (bicyclic) bond motifs is 4. The summed E-state index contributed by atoms with van der Waals surface area (Å²) in [6, 6.07) is 62.5. The molecule has 1 aliphatic heterocycles. The molecule has 4 heteroatoms. The van der Waals surface area contributed by atoms with Crippen molar-refractivity contribution < 1.29 is 9.90 Å². The number of aromatic nitrogens is 1. The summed E-state index contributed by atoms with van der Waals surface area (Å²) in [5.74, 6) is -0.247. The SMILES string of the molecule is Cc1cccc(-c2cccc3c4cccc(-c5cccc(C)c5)c4n(-c4cccc5c4C(=O)N(c4cc(-c6ccccc6)cc(-c6ccccc6)c4)C5O)c23)c1. The first kappa shape index (κ1) is 33.6. The highest BCUT2D eigenvalue weighted by molar-refractivity contribution is 6.19. The molecule has 0 radical (unpaired) electrons. The first-order valence-electron chi connectivity index (χ1n) is 19.1. The van der Waals surface area contributed by atoms with Crippen molar-refractivity contribution in [3.05, 3.63) is 204 Å². The predicted molar refractivity (Wildman–Crippen MR) is 230 cm³/mol. The molecule has 9 aromatic rings. The van der Waals surface area contributed by atoms with Gasteiger partial charge in [0.1, 0.15) is 0 Å². The van der Waals surface area contributed by atoms with E-state index in [1.165, 1.54) is 11.1 Å². The van der Waals surface area contributed by atoms with Crippen molar-refractivity contribution in [3.8, 4) is 50.2 Å². The summed E-state index contributed by atoms with van der Waals surface area (Å²) in [5.41, 5.74) is 15.1. The summed E-state index contributed by atoms with van der Waals surface area (Å²) in [5, 5.41) is 14.4. The molecule has 0 saturated carbocycles. The van der Waals surface area contributed by atoms with E-state index in [4.69, 9.17) is 0 Å². The van der Waals surface area contributed by atoms with E-state index in [2.05, 4.69) is 134 Å². The Kier molecular flexibility index (Phi) is 8.02. The Labute approximate surface area is 326 Å². The van der Waals surface area contributed by atoms with Crippen molar-refractivity contribution >= 4 is 33.4 Å². The maximum absolute atomic E-state index is 15.2. The van der Waals surface area contributed by atoms with Gasteiger partial charge in [-0.2, -0.15) is 0 Å². The van der Waals surface area contributed by atoms with Crippen LogP contribution in [0.3, 0.4) is 0 Å². The molecule has 1 aromatic heterocycles. The van der Waals surface area contributed by atoms with Crippen LogP contribution in [0.5, 0.6) is 0 Å². The zero-order chi connectivity index (χ0) is 37.9. The second kappa shape index (κ2) is 13.4. The van der Waals surface area contributed by atoms with Crippen molar-refractivity contribution in [2.45, 2.75) is 20.1 Å². The molecule has 1 N–H and O–H groups in total. The van der Waals surface area contributed by atoms with Crippen molar-refractivity contribution in [2.75, 3.05) is 4.90 Å². The van der Waals surface area contributed by atoms with Crippen molar-refractivity contribution in [1.29, 1.82) is 0 Å². The minimum atomic E-state index is -1.19. The Morgan fingerprint density at radius 2 is 0.946 bits per heavy atom. The van der Waals surface area contributed by atoms with Crippen LogP contribution in [0.1, 0.15) is 33.3 Å². The standard InChI is InChI=1S/C52H38N2O2/c1-33-14-9-20-37(28-33)42-22-11-24-44-45-25-12-23-43(38-21-10-15-34(2)29-38)50(45)54(49(42)44)47-27-13-26-46-48(47)52(56)53(51(46)55)41-31-39(35-16-5-3-6-17-35)30-40(32-41)36-18-7-4-8-19-36/h3-32,51,55H,1-2H3. The molecular formula is C52H38N2O2. The van der Waals surface area contributed by atoms with Gasteiger partial charge in [0.25, 0.3) is 5.91 Å². The van der Waals surface area contributed by atoms with Crippen LogP contribution < -0.4 is 4.90 Å². The van der Waals surface area contributed by atoms with E-state index < -0.39 is 6.23 Å². The highest BCUT2D eigenvalue weighted by Gasteiger charge is 2.40. The van der Waals surface area contributed by atoms with Gasteiger partial charge in [-0.3, -0.25) is 9.69 Å². The molecule has 1 aliphatic rings. The highest BCUT2D eigenvalue weighted by atomic mass is 16.3. The van der Waals surface area contributed by atoms with Crippen LogP contribution in [0.15, 0.2) is 182 Å². The summed E-state index contributed by atoms with van der Waals surface area (Å²) < 4.78 is 2.28. The van der Waals surface area contributed by atoms with Gasteiger partial charge in [-0.25, -0.2) is 0 Å². The van der Waals surface area contributed by atoms with Gasteiger partial charge in [0.15, 0.2) is 6.23 Å². The Balaban J connectivity index is 1.24. The number of anilines is 1. The average Bonchev–Trinajstić information content (AvgIpc) is 3.72. The third kappa shape index (κ3) is 5.45. The monoisotopic (exact) mass is 722 g/mol. The van der Waals surface area contributed by atoms with E-state index >= 15 is 4.79 Å². The second-order valence-electron chi connectivity index (χ2n) is 14.8. The van der Waals surface area contributed by atoms with Crippen LogP contribution in [-0.4, -0.2) is 15.6 Å².